The quantitative estimate of drug-likeness (QED) is 0.295. The molecule has 3 aromatic rings. The summed E-state index contributed by atoms with van der Waals surface area (Å²) in [6.07, 6.45) is -3.36. The molecule has 0 bridgehead atoms. The van der Waals surface area contributed by atoms with Crippen LogP contribution in [0.3, 0.4) is 0 Å². The number of nitrogens with zero attached hydrogens (tertiary/aromatic N) is 1. The van der Waals surface area contributed by atoms with Crippen molar-refractivity contribution >= 4 is 16.9 Å². The van der Waals surface area contributed by atoms with Crippen molar-refractivity contribution in [3.05, 3.63) is 68.9 Å². The van der Waals surface area contributed by atoms with Crippen molar-refractivity contribution < 1.29 is 28.9 Å². The number of para-hydroxylation sites is 1. The molecule has 1 aliphatic heterocycles. The minimum Gasteiger partial charge on any atom is -0.462 e. The monoisotopic (exact) mass is 448 g/mol. The summed E-state index contributed by atoms with van der Waals surface area (Å²) in [5.74, 6) is -2.02. The molecule has 1 aliphatic rings. The number of aromatic nitrogens is 3. The number of nitrogens with two attached hydrogens (primary N) is 1. The summed E-state index contributed by atoms with van der Waals surface area (Å²) in [6, 6.07) is 6.53. The van der Waals surface area contributed by atoms with Crippen molar-refractivity contribution in [2.24, 2.45) is 5.73 Å². The molecule has 4 rings (SSSR count). The van der Waals surface area contributed by atoms with Crippen molar-refractivity contribution in [3.63, 3.8) is 0 Å². The molecule has 2 aromatic heterocycles. The highest BCUT2D eigenvalue weighted by Crippen LogP contribution is 2.28. The predicted octanol–water partition coefficient (Wildman–Crippen LogP) is -1.11. The topological polar surface area (TPSA) is 173 Å². The molecule has 1 aromatic carbocycles. The van der Waals surface area contributed by atoms with Gasteiger partial charge in [-0.3, -0.25) is 19.1 Å². The Labute approximate surface area is 179 Å². The number of halogens is 1. The van der Waals surface area contributed by atoms with Gasteiger partial charge >= 0.3 is 11.7 Å². The Morgan fingerprint density at radius 1 is 1.28 bits per heavy atom. The van der Waals surface area contributed by atoms with E-state index in [4.69, 9.17) is 15.2 Å². The zero-order valence-electron chi connectivity index (χ0n) is 16.6. The molecule has 170 valence electrons. The van der Waals surface area contributed by atoms with E-state index in [0.29, 0.717) is 10.8 Å². The molecule has 1 saturated heterocycles. The van der Waals surface area contributed by atoms with Crippen LogP contribution in [0.1, 0.15) is 11.8 Å². The van der Waals surface area contributed by atoms with Crippen LogP contribution in [-0.2, 0) is 20.7 Å². The van der Waals surface area contributed by atoms with Gasteiger partial charge in [0.25, 0.3) is 5.56 Å². The lowest BCUT2D eigenvalue weighted by molar-refractivity contribution is -0.151. The Morgan fingerprint density at radius 3 is 2.81 bits per heavy atom. The molecule has 0 saturated carbocycles. The zero-order chi connectivity index (χ0) is 23.0. The third-order valence-electron chi connectivity index (χ3n) is 5.34. The van der Waals surface area contributed by atoms with E-state index in [1.807, 2.05) is 24.3 Å². The molecule has 0 spiro atoms. The molecule has 0 radical (unpaired) electrons. The Kier molecular flexibility index (Phi) is 5.93. The lowest BCUT2D eigenvalue weighted by Gasteiger charge is -2.17. The molecular weight excluding hydrogens is 427 g/mol. The number of esters is 1. The smallest absolute Gasteiger partial charge is 0.330 e. The van der Waals surface area contributed by atoms with Gasteiger partial charge in [0.05, 0.1) is 6.20 Å². The number of rotatable bonds is 6. The first-order chi connectivity index (χ1) is 15.3. The lowest BCUT2D eigenvalue weighted by atomic mass is 10.1. The van der Waals surface area contributed by atoms with E-state index < -0.39 is 60.2 Å². The van der Waals surface area contributed by atoms with E-state index in [-0.39, 0.29) is 6.42 Å². The molecule has 5 atom stereocenters. The molecule has 0 amide bonds. The normalized spacial score (nSPS) is 24.0. The molecule has 1 fully saturated rings. The number of carbonyl (C=O) groups is 1. The van der Waals surface area contributed by atoms with Gasteiger partial charge < -0.3 is 30.4 Å². The SMILES string of the molecule is N[C@@H](Cc1c[nH]c2ccccc12)C(=O)OC[C@H]1O[C@@H](n2cc(F)c(=O)[nH]c2=O)[C@H](O)[C@@H]1O. The third-order valence-corrected chi connectivity index (χ3v) is 5.34. The van der Waals surface area contributed by atoms with E-state index >= 15 is 0 Å². The average Bonchev–Trinajstić information content (AvgIpc) is 3.30. The van der Waals surface area contributed by atoms with Gasteiger partial charge in [-0.05, 0) is 11.6 Å². The van der Waals surface area contributed by atoms with Crippen molar-refractivity contribution in [1.29, 1.82) is 0 Å². The number of hydrogen-bond acceptors (Lipinski definition) is 8. The summed E-state index contributed by atoms with van der Waals surface area (Å²) >= 11 is 0. The number of aliphatic hydroxyl groups is 2. The fraction of sp³-hybridized carbons (Fsp3) is 0.350. The maximum Gasteiger partial charge on any atom is 0.330 e. The van der Waals surface area contributed by atoms with Gasteiger partial charge in [-0.1, -0.05) is 18.2 Å². The lowest BCUT2D eigenvalue weighted by Crippen LogP contribution is -2.39. The summed E-state index contributed by atoms with van der Waals surface area (Å²) in [6.45, 7) is -0.463. The average molecular weight is 448 g/mol. The molecule has 0 aliphatic carbocycles. The van der Waals surface area contributed by atoms with E-state index in [0.717, 1.165) is 16.5 Å². The van der Waals surface area contributed by atoms with E-state index in [1.165, 1.54) is 0 Å². The van der Waals surface area contributed by atoms with Crippen LogP contribution in [0.4, 0.5) is 4.39 Å². The first kappa shape index (κ1) is 21.9. The highest BCUT2D eigenvalue weighted by molar-refractivity contribution is 5.84. The number of fused-ring (bicyclic) bond motifs is 1. The van der Waals surface area contributed by atoms with E-state index in [9.17, 15) is 29.0 Å². The van der Waals surface area contributed by atoms with E-state index in [1.54, 1.807) is 11.2 Å². The summed E-state index contributed by atoms with van der Waals surface area (Å²) in [7, 11) is 0. The van der Waals surface area contributed by atoms with Gasteiger partial charge in [-0.2, -0.15) is 4.39 Å². The second kappa shape index (κ2) is 8.67. The summed E-state index contributed by atoms with van der Waals surface area (Å²) in [5.41, 5.74) is 5.42. The van der Waals surface area contributed by atoms with Gasteiger partial charge in [-0.25, -0.2) is 4.79 Å². The maximum absolute atomic E-state index is 13.5. The Hall–Kier alpha value is -3.32. The number of H-pyrrole nitrogens is 2. The van der Waals surface area contributed by atoms with Crippen molar-refractivity contribution in [2.75, 3.05) is 6.61 Å². The van der Waals surface area contributed by atoms with Crippen LogP contribution in [0.2, 0.25) is 0 Å². The first-order valence-electron chi connectivity index (χ1n) is 9.76. The van der Waals surface area contributed by atoms with Gasteiger partial charge in [-0.15, -0.1) is 0 Å². The first-order valence-corrected chi connectivity index (χ1v) is 9.76. The Morgan fingerprint density at radius 2 is 2.03 bits per heavy atom. The fourth-order valence-electron chi connectivity index (χ4n) is 3.64. The maximum atomic E-state index is 13.5. The number of aromatic amines is 2. The summed E-state index contributed by atoms with van der Waals surface area (Å²) in [5, 5.41) is 21.3. The minimum absolute atomic E-state index is 0.203. The van der Waals surface area contributed by atoms with Gasteiger partial charge in [0.1, 0.15) is 31.0 Å². The molecule has 0 unspecified atom stereocenters. The number of nitrogens with one attached hydrogen (secondary N) is 2. The Balaban J connectivity index is 1.39. The minimum atomic E-state index is -1.64. The molecule has 6 N–H and O–H groups in total. The second-order valence-corrected chi connectivity index (χ2v) is 7.49. The van der Waals surface area contributed by atoms with Crippen molar-refractivity contribution in [3.8, 4) is 0 Å². The van der Waals surface area contributed by atoms with Gasteiger partial charge in [0.2, 0.25) is 5.82 Å². The number of benzene rings is 1. The molecule has 12 heteroatoms. The summed E-state index contributed by atoms with van der Waals surface area (Å²) in [4.78, 5) is 40.2. The van der Waals surface area contributed by atoms with Crippen molar-refractivity contribution in [1.82, 2.24) is 14.5 Å². The standard InChI is InChI=1S/C20H21FN4O7/c21-11-7-25(20(30)24-17(11)28)18-16(27)15(26)14(32-18)8-31-19(29)12(22)5-9-6-23-13-4-2-1-3-10(9)13/h1-4,6-7,12,14-16,18,23,26-27H,5,8,22H2,(H,24,28,30)/t12-,14+,15+,16+,18+/m0/s1. The molecule has 3 heterocycles. The number of aliphatic hydroxyl groups excluding tert-OH is 2. The fourth-order valence-corrected chi connectivity index (χ4v) is 3.64. The third kappa shape index (κ3) is 4.08. The predicted molar refractivity (Wildman–Crippen MR) is 108 cm³/mol. The molecule has 32 heavy (non-hydrogen) atoms. The zero-order valence-corrected chi connectivity index (χ0v) is 16.6. The highest BCUT2D eigenvalue weighted by Gasteiger charge is 2.45. The molecular formula is C20H21FN4O7. The number of ether oxygens (including phenoxy) is 2. The molecule has 11 nitrogen and oxygen atoms in total. The van der Waals surface area contributed by atoms with Crippen LogP contribution in [-0.4, -0.2) is 61.7 Å². The summed E-state index contributed by atoms with van der Waals surface area (Å²) < 4.78 is 24.7. The van der Waals surface area contributed by atoms with Crippen LogP contribution in [0.15, 0.2) is 46.2 Å². The largest absolute Gasteiger partial charge is 0.462 e. The van der Waals surface area contributed by atoms with Crippen LogP contribution < -0.4 is 17.0 Å². The van der Waals surface area contributed by atoms with E-state index in [2.05, 4.69) is 4.98 Å². The highest BCUT2D eigenvalue weighted by atomic mass is 19.1. The van der Waals surface area contributed by atoms with Crippen LogP contribution >= 0.6 is 0 Å². The number of hydrogen-bond donors (Lipinski definition) is 5. The number of carbonyl (C=O) groups excluding carboxylic acids is 1. The van der Waals surface area contributed by atoms with Crippen LogP contribution in [0.25, 0.3) is 10.9 Å². The van der Waals surface area contributed by atoms with Gasteiger partial charge in [0, 0.05) is 23.5 Å². The van der Waals surface area contributed by atoms with Crippen LogP contribution in [0.5, 0.6) is 0 Å². The second-order valence-electron chi connectivity index (χ2n) is 7.49. The van der Waals surface area contributed by atoms with Crippen LogP contribution in [0, 0.1) is 5.82 Å². The Bertz CT molecular complexity index is 1250. The van der Waals surface area contributed by atoms with Crippen molar-refractivity contribution in [2.45, 2.75) is 37.0 Å². The van der Waals surface area contributed by atoms with Gasteiger partial charge in [0.15, 0.2) is 6.23 Å².